The summed E-state index contributed by atoms with van der Waals surface area (Å²) >= 11 is 0. The van der Waals surface area contributed by atoms with E-state index in [4.69, 9.17) is 4.42 Å². The van der Waals surface area contributed by atoms with Crippen molar-refractivity contribution >= 4 is 5.82 Å². The summed E-state index contributed by atoms with van der Waals surface area (Å²) in [6, 6.07) is 9.84. The van der Waals surface area contributed by atoms with Crippen molar-refractivity contribution in [2.45, 2.75) is 20.4 Å². The molecule has 3 nitrogen and oxygen atoms in total. The second kappa shape index (κ2) is 4.17. The number of anilines is 1. The van der Waals surface area contributed by atoms with Gasteiger partial charge in [0.1, 0.15) is 17.3 Å². The van der Waals surface area contributed by atoms with Crippen molar-refractivity contribution in [1.29, 1.82) is 0 Å². The standard InChI is InChI=1S/C12H14N2O/c1-9-4-3-5-12(14-9)13-8-11-7-6-10(2)15-11/h3-7H,8H2,1-2H3,(H,13,14). The van der Waals surface area contributed by atoms with Gasteiger partial charge in [0.05, 0.1) is 6.54 Å². The molecule has 0 unspecified atom stereocenters. The Hall–Kier alpha value is -1.77. The zero-order valence-corrected chi connectivity index (χ0v) is 8.95. The summed E-state index contributed by atoms with van der Waals surface area (Å²) in [7, 11) is 0. The van der Waals surface area contributed by atoms with Crippen molar-refractivity contribution < 1.29 is 4.42 Å². The number of pyridine rings is 1. The number of rotatable bonds is 3. The van der Waals surface area contributed by atoms with Crippen LogP contribution in [0.25, 0.3) is 0 Å². The third kappa shape index (κ3) is 2.59. The summed E-state index contributed by atoms with van der Waals surface area (Å²) in [6.07, 6.45) is 0. The highest BCUT2D eigenvalue weighted by Crippen LogP contribution is 2.09. The predicted octanol–water partition coefficient (Wildman–Crippen LogP) is 2.90. The molecule has 3 heteroatoms. The lowest BCUT2D eigenvalue weighted by Gasteiger charge is -2.03. The highest BCUT2D eigenvalue weighted by molar-refractivity contribution is 5.35. The minimum atomic E-state index is 0.671. The van der Waals surface area contributed by atoms with Crippen LogP contribution in [0.1, 0.15) is 17.2 Å². The van der Waals surface area contributed by atoms with Crippen LogP contribution in [0.4, 0.5) is 5.82 Å². The number of hydrogen-bond donors (Lipinski definition) is 1. The predicted molar refractivity (Wildman–Crippen MR) is 59.7 cm³/mol. The van der Waals surface area contributed by atoms with E-state index in [0.29, 0.717) is 6.54 Å². The van der Waals surface area contributed by atoms with E-state index >= 15 is 0 Å². The molecule has 1 N–H and O–H groups in total. The monoisotopic (exact) mass is 202 g/mol. The summed E-state index contributed by atoms with van der Waals surface area (Å²) in [5.41, 5.74) is 1.01. The van der Waals surface area contributed by atoms with E-state index < -0.39 is 0 Å². The summed E-state index contributed by atoms with van der Waals surface area (Å²) in [5, 5.41) is 3.21. The second-order valence-corrected chi connectivity index (χ2v) is 3.53. The van der Waals surface area contributed by atoms with Crippen molar-refractivity contribution in [3.63, 3.8) is 0 Å². The number of nitrogens with one attached hydrogen (secondary N) is 1. The van der Waals surface area contributed by atoms with Crippen molar-refractivity contribution in [2.75, 3.05) is 5.32 Å². The quantitative estimate of drug-likeness (QED) is 0.831. The molecule has 0 fully saturated rings. The Morgan fingerprint density at radius 2 is 2.07 bits per heavy atom. The van der Waals surface area contributed by atoms with E-state index in [2.05, 4.69) is 10.3 Å². The van der Waals surface area contributed by atoms with E-state index in [0.717, 1.165) is 23.0 Å². The van der Waals surface area contributed by atoms with Crippen molar-refractivity contribution in [3.05, 3.63) is 47.5 Å². The average Bonchev–Trinajstić information content (AvgIpc) is 2.62. The summed E-state index contributed by atoms with van der Waals surface area (Å²) in [5.74, 6) is 2.74. The molecule has 78 valence electrons. The van der Waals surface area contributed by atoms with E-state index in [1.54, 1.807) is 0 Å². The topological polar surface area (TPSA) is 38.1 Å². The minimum Gasteiger partial charge on any atom is -0.465 e. The lowest BCUT2D eigenvalue weighted by Crippen LogP contribution is -2.00. The van der Waals surface area contributed by atoms with Crippen LogP contribution in [0.3, 0.4) is 0 Å². The summed E-state index contributed by atoms with van der Waals surface area (Å²) < 4.78 is 5.45. The number of hydrogen-bond acceptors (Lipinski definition) is 3. The van der Waals surface area contributed by atoms with Crippen LogP contribution >= 0.6 is 0 Å². The molecule has 0 bridgehead atoms. The molecule has 0 amide bonds. The first-order valence-corrected chi connectivity index (χ1v) is 4.97. The van der Waals surface area contributed by atoms with Crippen LogP contribution in [0.5, 0.6) is 0 Å². The Kier molecular flexibility index (Phi) is 2.72. The van der Waals surface area contributed by atoms with Gasteiger partial charge in [0, 0.05) is 5.69 Å². The highest BCUT2D eigenvalue weighted by atomic mass is 16.3. The maximum absolute atomic E-state index is 5.45. The van der Waals surface area contributed by atoms with E-state index in [1.807, 2.05) is 44.2 Å². The van der Waals surface area contributed by atoms with Gasteiger partial charge in [0.25, 0.3) is 0 Å². The van der Waals surface area contributed by atoms with Gasteiger partial charge in [-0.15, -0.1) is 0 Å². The molecule has 0 atom stereocenters. The minimum absolute atomic E-state index is 0.671. The molecule has 15 heavy (non-hydrogen) atoms. The Labute approximate surface area is 89.1 Å². The van der Waals surface area contributed by atoms with E-state index in [1.165, 1.54) is 0 Å². The zero-order chi connectivity index (χ0) is 10.7. The maximum Gasteiger partial charge on any atom is 0.126 e. The van der Waals surface area contributed by atoms with Crippen LogP contribution in [-0.2, 0) is 6.54 Å². The van der Waals surface area contributed by atoms with Gasteiger partial charge >= 0.3 is 0 Å². The van der Waals surface area contributed by atoms with Crippen LogP contribution in [0.2, 0.25) is 0 Å². The van der Waals surface area contributed by atoms with E-state index in [9.17, 15) is 0 Å². The normalized spacial score (nSPS) is 10.3. The molecule has 0 spiro atoms. The molecular weight excluding hydrogens is 188 g/mol. The fourth-order valence-corrected chi connectivity index (χ4v) is 1.40. The Morgan fingerprint density at radius 3 is 2.73 bits per heavy atom. The van der Waals surface area contributed by atoms with Gasteiger partial charge < -0.3 is 9.73 Å². The summed E-state index contributed by atoms with van der Waals surface area (Å²) in [4.78, 5) is 4.34. The van der Waals surface area contributed by atoms with E-state index in [-0.39, 0.29) is 0 Å². The van der Waals surface area contributed by atoms with Gasteiger partial charge in [0.15, 0.2) is 0 Å². The fourth-order valence-electron chi connectivity index (χ4n) is 1.40. The summed E-state index contributed by atoms with van der Waals surface area (Å²) in [6.45, 7) is 4.58. The zero-order valence-electron chi connectivity index (χ0n) is 8.95. The Balaban J connectivity index is 1.99. The second-order valence-electron chi connectivity index (χ2n) is 3.53. The van der Waals surface area contributed by atoms with Gasteiger partial charge in [-0.3, -0.25) is 0 Å². The van der Waals surface area contributed by atoms with Gasteiger partial charge in [-0.1, -0.05) is 6.07 Å². The number of aryl methyl sites for hydroxylation is 2. The largest absolute Gasteiger partial charge is 0.465 e. The molecule has 0 aromatic carbocycles. The third-order valence-corrected chi connectivity index (χ3v) is 2.13. The highest BCUT2D eigenvalue weighted by Gasteiger charge is 1.98. The SMILES string of the molecule is Cc1cccc(NCc2ccc(C)o2)n1. The van der Waals surface area contributed by atoms with Crippen molar-refractivity contribution in [3.8, 4) is 0 Å². The Morgan fingerprint density at radius 1 is 1.20 bits per heavy atom. The number of aromatic nitrogens is 1. The molecule has 2 rings (SSSR count). The first kappa shape index (κ1) is 9.77. The molecule has 0 saturated heterocycles. The van der Waals surface area contributed by atoms with Crippen molar-refractivity contribution in [1.82, 2.24) is 4.98 Å². The van der Waals surface area contributed by atoms with Crippen molar-refractivity contribution in [2.24, 2.45) is 0 Å². The molecule has 0 saturated carbocycles. The number of furan rings is 1. The lowest BCUT2D eigenvalue weighted by atomic mass is 10.3. The first-order chi connectivity index (χ1) is 7.24. The molecule has 2 heterocycles. The molecule has 0 aliphatic carbocycles. The van der Waals surface area contributed by atoms with Crippen LogP contribution < -0.4 is 5.32 Å². The molecule has 0 radical (unpaired) electrons. The van der Waals surface area contributed by atoms with Gasteiger partial charge in [-0.2, -0.15) is 0 Å². The smallest absolute Gasteiger partial charge is 0.126 e. The molecule has 0 aliphatic rings. The molecule has 0 aliphatic heterocycles. The van der Waals surface area contributed by atoms with Crippen LogP contribution in [0.15, 0.2) is 34.7 Å². The van der Waals surface area contributed by atoms with Gasteiger partial charge in [-0.05, 0) is 38.1 Å². The molecule has 2 aromatic rings. The maximum atomic E-state index is 5.45. The van der Waals surface area contributed by atoms with Crippen LogP contribution in [0, 0.1) is 13.8 Å². The molecule has 2 aromatic heterocycles. The van der Waals surface area contributed by atoms with Gasteiger partial charge in [-0.25, -0.2) is 4.98 Å². The average molecular weight is 202 g/mol. The first-order valence-electron chi connectivity index (χ1n) is 4.97. The molecular formula is C12H14N2O. The fraction of sp³-hybridized carbons (Fsp3) is 0.250. The number of nitrogens with zero attached hydrogens (tertiary/aromatic N) is 1. The van der Waals surface area contributed by atoms with Gasteiger partial charge in [0.2, 0.25) is 0 Å². The third-order valence-electron chi connectivity index (χ3n) is 2.13. The Bertz CT molecular complexity index is 448. The van der Waals surface area contributed by atoms with Crippen LogP contribution in [-0.4, -0.2) is 4.98 Å². The lowest BCUT2D eigenvalue weighted by molar-refractivity contribution is 0.490.